The van der Waals surface area contributed by atoms with Crippen LogP contribution in [0.2, 0.25) is 0 Å². The van der Waals surface area contributed by atoms with Crippen molar-refractivity contribution in [2.75, 3.05) is 20.2 Å². The van der Waals surface area contributed by atoms with Gasteiger partial charge in [-0.05, 0) is 31.0 Å². The van der Waals surface area contributed by atoms with E-state index < -0.39 is 10.0 Å². The van der Waals surface area contributed by atoms with E-state index in [1.165, 1.54) is 19.2 Å². The van der Waals surface area contributed by atoms with Gasteiger partial charge in [0.2, 0.25) is 10.0 Å². The summed E-state index contributed by atoms with van der Waals surface area (Å²) in [6.45, 7) is 3.40. The third kappa shape index (κ3) is 5.30. The second-order valence-electron chi connectivity index (χ2n) is 5.67. The normalized spacial score (nSPS) is 11.3. The molecule has 8 nitrogen and oxygen atoms in total. The minimum atomic E-state index is -3.74. The summed E-state index contributed by atoms with van der Waals surface area (Å²) < 4.78 is 34.3. The Bertz CT molecular complexity index is 819. The first-order valence-corrected chi connectivity index (χ1v) is 9.88. The average molecular weight is 380 g/mol. The highest BCUT2D eigenvalue weighted by atomic mass is 32.2. The average Bonchev–Trinajstić information content (AvgIpc) is 3.16. The topological polar surface area (TPSA) is 102 Å². The van der Waals surface area contributed by atoms with E-state index in [1.54, 1.807) is 18.6 Å². The maximum atomic E-state index is 12.4. The third-order valence-corrected chi connectivity index (χ3v) is 5.18. The second-order valence-corrected chi connectivity index (χ2v) is 7.41. The molecular weight excluding hydrogens is 356 g/mol. The van der Waals surface area contributed by atoms with Gasteiger partial charge in [-0.3, -0.25) is 4.79 Å². The van der Waals surface area contributed by atoms with Gasteiger partial charge in [0.05, 0.1) is 13.4 Å². The van der Waals surface area contributed by atoms with Crippen molar-refractivity contribution in [2.45, 2.75) is 31.2 Å². The van der Waals surface area contributed by atoms with Crippen LogP contribution in [0.25, 0.3) is 0 Å². The first kappa shape index (κ1) is 19.9. The number of hydrogen-bond acceptors (Lipinski definition) is 5. The third-order valence-electron chi connectivity index (χ3n) is 3.70. The maximum Gasteiger partial charge on any atom is 0.251 e. The Morgan fingerprint density at radius 2 is 2.12 bits per heavy atom. The summed E-state index contributed by atoms with van der Waals surface area (Å²) in [6.07, 6.45) is 6.67. The molecule has 0 bridgehead atoms. The minimum absolute atomic E-state index is 0.0421. The van der Waals surface area contributed by atoms with Gasteiger partial charge >= 0.3 is 0 Å². The summed E-state index contributed by atoms with van der Waals surface area (Å²) in [4.78, 5) is 16.2. The van der Waals surface area contributed by atoms with E-state index in [4.69, 9.17) is 4.74 Å². The fourth-order valence-electron chi connectivity index (χ4n) is 2.33. The summed E-state index contributed by atoms with van der Waals surface area (Å²) in [5.41, 5.74) is 0.269. The molecule has 0 spiro atoms. The number of nitrogens with zero attached hydrogens (tertiary/aromatic N) is 2. The van der Waals surface area contributed by atoms with Gasteiger partial charge < -0.3 is 14.6 Å². The number of hydrogen-bond donors (Lipinski definition) is 2. The lowest BCUT2D eigenvalue weighted by molar-refractivity contribution is 0.0952. The molecule has 2 N–H and O–H groups in total. The van der Waals surface area contributed by atoms with Gasteiger partial charge in [-0.25, -0.2) is 18.1 Å². The number of imidazole rings is 1. The zero-order chi connectivity index (χ0) is 19.0. The van der Waals surface area contributed by atoms with Crippen LogP contribution >= 0.6 is 0 Å². The standard InChI is InChI=1S/C17H24N4O4S/c1-3-7-20-26(23,24)16-12-14(5-6-15(16)25-2)17(22)19-8-4-10-21-11-9-18-13-21/h5-6,9,11-13,20H,3-4,7-8,10H2,1-2H3,(H,19,22). The second kappa shape index (κ2) is 9.35. The van der Waals surface area contributed by atoms with Crippen LogP contribution in [-0.4, -0.2) is 44.1 Å². The monoisotopic (exact) mass is 380 g/mol. The highest BCUT2D eigenvalue weighted by Gasteiger charge is 2.21. The van der Waals surface area contributed by atoms with Gasteiger partial charge in [-0.2, -0.15) is 0 Å². The van der Waals surface area contributed by atoms with Crippen molar-refractivity contribution in [2.24, 2.45) is 0 Å². The van der Waals surface area contributed by atoms with Gasteiger partial charge in [0.15, 0.2) is 0 Å². The van der Waals surface area contributed by atoms with E-state index in [-0.39, 0.29) is 22.1 Å². The highest BCUT2D eigenvalue weighted by molar-refractivity contribution is 7.89. The maximum absolute atomic E-state index is 12.4. The molecule has 1 amide bonds. The molecule has 142 valence electrons. The number of carbonyl (C=O) groups excluding carboxylic acids is 1. The molecular formula is C17H24N4O4S. The predicted molar refractivity (Wildman–Crippen MR) is 97.7 cm³/mol. The lowest BCUT2D eigenvalue weighted by atomic mass is 10.2. The molecule has 0 unspecified atom stereocenters. The van der Waals surface area contributed by atoms with Crippen molar-refractivity contribution >= 4 is 15.9 Å². The summed E-state index contributed by atoms with van der Waals surface area (Å²) in [5.74, 6) is -0.129. The molecule has 9 heteroatoms. The smallest absolute Gasteiger partial charge is 0.251 e. The van der Waals surface area contributed by atoms with Crippen molar-refractivity contribution in [3.8, 4) is 5.75 Å². The Morgan fingerprint density at radius 1 is 1.31 bits per heavy atom. The Balaban J connectivity index is 2.04. The molecule has 2 aromatic rings. The molecule has 26 heavy (non-hydrogen) atoms. The summed E-state index contributed by atoms with van der Waals surface area (Å²) in [7, 11) is -2.35. The number of carbonyl (C=O) groups is 1. The van der Waals surface area contributed by atoms with Gasteiger partial charge in [0, 0.05) is 37.6 Å². The van der Waals surface area contributed by atoms with Gasteiger partial charge in [0.1, 0.15) is 10.6 Å². The van der Waals surface area contributed by atoms with Gasteiger partial charge in [0.25, 0.3) is 5.91 Å². The number of amides is 1. The lowest BCUT2D eigenvalue weighted by Crippen LogP contribution is -2.27. The first-order chi connectivity index (χ1) is 12.5. The molecule has 1 heterocycles. The van der Waals surface area contributed by atoms with Crippen molar-refractivity contribution in [3.05, 3.63) is 42.5 Å². The molecule has 0 aliphatic rings. The number of rotatable bonds is 10. The summed E-state index contributed by atoms with van der Waals surface area (Å²) in [5, 5.41) is 2.79. The van der Waals surface area contributed by atoms with E-state index in [1.807, 2.05) is 17.7 Å². The van der Waals surface area contributed by atoms with Crippen LogP contribution in [0.15, 0.2) is 41.8 Å². The molecule has 0 saturated heterocycles. The van der Waals surface area contributed by atoms with Crippen LogP contribution in [0.3, 0.4) is 0 Å². The zero-order valence-corrected chi connectivity index (χ0v) is 15.8. The SMILES string of the molecule is CCCNS(=O)(=O)c1cc(C(=O)NCCCn2ccnc2)ccc1OC. The molecule has 0 atom stereocenters. The van der Waals surface area contributed by atoms with Crippen molar-refractivity contribution < 1.29 is 17.9 Å². The number of methoxy groups -OCH3 is 1. The fraction of sp³-hybridized carbons (Fsp3) is 0.412. The Hall–Kier alpha value is -2.39. The van der Waals surface area contributed by atoms with Gasteiger partial charge in [-0.15, -0.1) is 0 Å². The molecule has 0 radical (unpaired) electrons. The van der Waals surface area contributed by atoms with Crippen LogP contribution in [-0.2, 0) is 16.6 Å². The van der Waals surface area contributed by atoms with Crippen molar-refractivity contribution in [1.82, 2.24) is 19.6 Å². The zero-order valence-electron chi connectivity index (χ0n) is 14.9. The number of aromatic nitrogens is 2. The summed E-state index contributed by atoms with van der Waals surface area (Å²) >= 11 is 0. The van der Waals surface area contributed by atoms with Crippen LogP contribution in [0.5, 0.6) is 5.75 Å². The number of aryl methyl sites for hydroxylation is 1. The molecule has 0 aliphatic heterocycles. The van der Waals surface area contributed by atoms with E-state index in [9.17, 15) is 13.2 Å². The fourth-order valence-corrected chi connectivity index (χ4v) is 3.65. The number of ether oxygens (including phenoxy) is 1. The lowest BCUT2D eigenvalue weighted by Gasteiger charge is -2.12. The Kier molecular flexibility index (Phi) is 7.16. The number of benzene rings is 1. The van der Waals surface area contributed by atoms with Crippen molar-refractivity contribution in [3.63, 3.8) is 0 Å². The van der Waals surface area contributed by atoms with Crippen LogP contribution in [0, 0.1) is 0 Å². The molecule has 1 aromatic carbocycles. The number of nitrogens with one attached hydrogen (secondary N) is 2. The van der Waals surface area contributed by atoms with Gasteiger partial charge in [-0.1, -0.05) is 6.92 Å². The largest absolute Gasteiger partial charge is 0.495 e. The van der Waals surface area contributed by atoms with E-state index >= 15 is 0 Å². The van der Waals surface area contributed by atoms with E-state index in [2.05, 4.69) is 15.0 Å². The summed E-state index contributed by atoms with van der Waals surface area (Å²) in [6, 6.07) is 4.37. The van der Waals surface area contributed by atoms with Crippen molar-refractivity contribution in [1.29, 1.82) is 0 Å². The molecule has 0 aliphatic carbocycles. The van der Waals surface area contributed by atoms with Crippen LogP contribution in [0.1, 0.15) is 30.1 Å². The van der Waals surface area contributed by atoms with E-state index in [0.29, 0.717) is 19.5 Å². The predicted octanol–water partition coefficient (Wildman–Crippen LogP) is 1.40. The molecule has 0 fully saturated rings. The number of sulfonamides is 1. The Labute approximate surface area is 153 Å². The molecule has 0 saturated carbocycles. The Morgan fingerprint density at radius 3 is 2.77 bits per heavy atom. The first-order valence-electron chi connectivity index (χ1n) is 8.39. The minimum Gasteiger partial charge on any atom is -0.495 e. The van der Waals surface area contributed by atoms with E-state index in [0.717, 1.165) is 13.0 Å². The van der Waals surface area contributed by atoms with Crippen LogP contribution < -0.4 is 14.8 Å². The quantitative estimate of drug-likeness (QED) is 0.607. The molecule has 2 rings (SSSR count). The highest BCUT2D eigenvalue weighted by Crippen LogP contribution is 2.24. The molecule has 1 aromatic heterocycles. The van der Waals surface area contributed by atoms with Crippen LogP contribution in [0.4, 0.5) is 0 Å².